The van der Waals surface area contributed by atoms with Gasteiger partial charge in [0.25, 0.3) is 6.01 Å². The van der Waals surface area contributed by atoms with E-state index >= 15 is 0 Å². The first-order valence-corrected chi connectivity index (χ1v) is 12.9. The Hall–Kier alpha value is -4.58. The first-order chi connectivity index (χ1) is 18.4. The number of nitriles is 1. The second-order valence-electron chi connectivity index (χ2n) is 9.98. The van der Waals surface area contributed by atoms with Crippen LogP contribution < -0.4 is 15.2 Å². The van der Waals surface area contributed by atoms with Crippen molar-refractivity contribution in [2.24, 2.45) is 0 Å². The Morgan fingerprint density at radius 2 is 1.92 bits per heavy atom. The topological polar surface area (TPSA) is 116 Å². The van der Waals surface area contributed by atoms with Crippen molar-refractivity contribution in [3.05, 3.63) is 70.0 Å². The quantitative estimate of drug-likeness (QED) is 0.408. The van der Waals surface area contributed by atoms with Crippen LogP contribution in [-0.2, 0) is 0 Å². The summed E-state index contributed by atoms with van der Waals surface area (Å²) >= 11 is 0. The van der Waals surface area contributed by atoms with E-state index in [2.05, 4.69) is 27.8 Å². The number of anilines is 2. The Kier molecular flexibility index (Phi) is 5.87. The number of oxazole rings is 1. The molecule has 192 valence electrons. The SMILES string of the molecule is C[C@@H]1CCCN1c1nc2ccc(-n3cc(C(=O)O)c(=O)cc3-c3ccc(N4CCCC4)c(C#N)c3)cc2o1. The second-order valence-corrected chi connectivity index (χ2v) is 9.98. The largest absolute Gasteiger partial charge is 0.477 e. The van der Waals surface area contributed by atoms with Crippen LogP contribution in [0.25, 0.3) is 28.0 Å². The molecule has 2 aliphatic heterocycles. The lowest BCUT2D eigenvalue weighted by Gasteiger charge is -2.20. The van der Waals surface area contributed by atoms with E-state index in [1.807, 2.05) is 24.3 Å². The van der Waals surface area contributed by atoms with E-state index in [0.29, 0.717) is 45.7 Å². The number of benzene rings is 2. The van der Waals surface area contributed by atoms with Gasteiger partial charge in [-0.15, -0.1) is 0 Å². The molecule has 2 saturated heterocycles. The number of fused-ring (bicyclic) bond motifs is 1. The molecule has 0 bridgehead atoms. The minimum atomic E-state index is -1.30. The average Bonchev–Trinajstić information content (AvgIpc) is 3.68. The fourth-order valence-electron chi connectivity index (χ4n) is 5.54. The molecule has 2 aliphatic rings. The third-order valence-electron chi connectivity index (χ3n) is 7.58. The van der Waals surface area contributed by atoms with E-state index in [1.165, 1.54) is 12.3 Å². The van der Waals surface area contributed by atoms with Crippen molar-refractivity contribution in [1.29, 1.82) is 5.26 Å². The highest BCUT2D eigenvalue weighted by Crippen LogP contribution is 2.32. The van der Waals surface area contributed by atoms with E-state index < -0.39 is 11.4 Å². The zero-order chi connectivity index (χ0) is 26.4. The summed E-state index contributed by atoms with van der Waals surface area (Å²) in [7, 11) is 0. The van der Waals surface area contributed by atoms with Gasteiger partial charge in [-0.2, -0.15) is 10.2 Å². The average molecular weight is 510 g/mol. The van der Waals surface area contributed by atoms with Gasteiger partial charge < -0.3 is 23.9 Å². The maximum absolute atomic E-state index is 12.8. The summed E-state index contributed by atoms with van der Waals surface area (Å²) in [6, 6.07) is 15.5. The molecule has 1 N–H and O–H groups in total. The summed E-state index contributed by atoms with van der Waals surface area (Å²) in [4.78, 5) is 33.6. The fourth-order valence-corrected chi connectivity index (χ4v) is 5.54. The molecule has 9 nitrogen and oxygen atoms in total. The normalized spacial score (nSPS) is 17.3. The molecule has 0 amide bonds. The molecule has 2 aromatic heterocycles. The molecule has 4 heterocycles. The predicted octanol–water partition coefficient (Wildman–Crippen LogP) is 4.80. The summed E-state index contributed by atoms with van der Waals surface area (Å²) in [5, 5.41) is 19.6. The van der Waals surface area contributed by atoms with Gasteiger partial charge in [-0.05, 0) is 56.9 Å². The highest BCUT2D eigenvalue weighted by Gasteiger charge is 2.25. The molecular formula is C29H27N5O4. The van der Waals surface area contributed by atoms with Crippen LogP contribution in [0.15, 0.2) is 57.9 Å². The first kappa shape index (κ1) is 23.8. The summed E-state index contributed by atoms with van der Waals surface area (Å²) in [6.07, 6.45) is 5.69. The zero-order valence-electron chi connectivity index (χ0n) is 21.1. The van der Waals surface area contributed by atoms with Crippen LogP contribution in [0.5, 0.6) is 0 Å². The van der Waals surface area contributed by atoms with Crippen molar-refractivity contribution < 1.29 is 14.3 Å². The lowest BCUT2D eigenvalue weighted by molar-refractivity contribution is 0.0695. The second kappa shape index (κ2) is 9.38. The number of pyridine rings is 1. The molecule has 9 heteroatoms. The Labute approximate surface area is 219 Å². The molecule has 0 spiro atoms. The highest BCUT2D eigenvalue weighted by atomic mass is 16.4. The molecule has 0 unspecified atom stereocenters. The number of aromatic carboxylic acids is 1. The Morgan fingerprint density at radius 3 is 2.63 bits per heavy atom. The number of aromatic nitrogens is 2. The summed E-state index contributed by atoms with van der Waals surface area (Å²) < 4.78 is 7.78. The summed E-state index contributed by atoms with van der Waals surface area (Å²) in [6.45, 7) is 4.85. The van der Waals surface area contributed by atoms with Gasteiger partial charge in [-0.25, -0.2) is 4.79 Å². The van der Waals surface area contributed by atoms with Gasteiger partial charge in [0.05, 0.1) is 16.9 Å². The van der Waals surface area contributed by atoms with Crippen molar-refractivity contribution in [2.75, 3.05) is 29.4 Å². The Bertz CT molecular complexity index is 1660. The minimum Gasteiger partial charge on any atom is -0.477 e. The van der Waals surface area contributed by atoms with Crippen molar-refractivity contribution in [3.63, 3.8) is 0 Å². The molecule has 0 saturated carbocycles. The number of carbonyl (C=O) groups is 1. The van der Waals surface area contributed by atoms with Gasteiger partial charge in [-0.1, -0.05) is 6.07 Å². The summed E-state index contributed by atoms with van der Waals surface area (Å²) in [5.74, 6) is -1.30. The van der Waals surface area contributed by atoms with Crippen LogP contribution in [0.3, 0.4) is 0 Å². The molecule has 6 rings (SSSR count). The van der Waals surface area contributed by atoms with E-state index in [4.69, 9.17) is 4.42 Å². The zero-order valence-corrected chi connectivity index (χ0v) is 21.1. The molecule has 0 radical (unpaired) electrons. The fraction of sp³-hybridized carbons (Fsp3) is 0.310. The van der Waals surface area contributed by atoms with Crippen LogP contribution in [0.4, 0.5) is 11.7 Å². The number of hydrogen-bond donors (Lipinski definition) is 1. The molecule has 38 heavy (non-hydrogen) atoms. The molecule has 0 aliphatic carbocycles. The number of carboxylic acids is 1. The van der Waals surface area contributed by atoms with Crippen molar-refractivity contribution in [2.45, 2.75) is 38.6 Å². The third kappa shape index (κ3) is 4.08. The lowest BCUT2D eigenvalue weighted by atomic mass is 10.0. The van der Waals surface area contributed by atoms with E-state index in [0.717, 1.165) is 51.0 Å². The monoisotopic (exact) mass is 509 g/mol. The van der Waals surface area contributed by atoms with Gasteiger partial charge in [-0.3, -0.25) is 4.79 Å². The van der Waals surface area contributed by atoms with Crippen LogP contribution in [0.2, 0.25) is 0 Å². The third-order valence-corrected chi connectivity index (χ3v) is 7.58. The van der Waals surface area contributed by atoms with Gasteiger partial charge in [0.15, 0.2) is 11.0 Å². The summed E-state index contributed by atoms with van der Waals surface area (Å²) in [5.41, 5.74) is 3.46. The van der Waals surface area contributed by atoms with Gasteiger partial charge >= 0.3 is 5.97 Å². The van der Waals surface area contributed by atoms with Crippen LogP contribution >= 0.6 is 0 Å². The molecule has 2 fully saturated rings. The van der Waals surface area contributed by atoms with Crippen LogP contribution in [-0.4, -0.2) is 46.3 Å². The molecule has 1 atom stereocenters. The minimum absolute atomic E-state index is 0.341. The maximum Gasteiger partial charge on any atom is 0.341 e. The number of rotatable bonds is 5. The van der Waals surface area contributed by atoms with Crippen LogP contribution in [0, 0.1) is 11.3 Å². The smallest absolute Gasteiger partial charge is 0.341 e. The van der Waals surface area contributed by atoms with Gasteiger partial charge in [0, 0.05) is 55.3 Å². The van der Waals surface area contributed by atoms with Gasteiger partial charge in [0.1, 0.15) is 17.1 Å². The van der Waals surface area contributed by atoms with Crippen molar-refractivity contribution in [1.82, 2.24) is 9.55 Å². The van der Waals surface area contributed by atoms with Crippen LogP contribution in [0.1, 0.15) is 48.5 Å². The molecular weight excluding hydrogens is 482 g/mol. The van der Waals surface area contributed by atoms with Crippen molar-refractivity contribution in [3.8, 4) is 23.0 Å². The predicted molar refractivity (Wildman–Crippen MR) is 144 cm³/mol. The molecule has 2 aromatic carbocycles. The maximum atomic E-state index is 12.8. The lowest BCUT2D eigenvalue weighted by Crippen LogP contribution is -2.26. The first-order valence-electron chi connectivity index (χ1n) is 12.9. The van der Waals surface area contributed by atoms with E-state index in [-0.39, 0.29) is 5.56 Å². The van der Waals surface area contributed by atoms with E-state index in [9.17, 15) is 20.0 Å². The standard InChI is InChI=1S/C29H27N5O4/c1-18-5-4-12-33(18)29-31-23-8-7-21(14-27(23)38-29)34-17-22(28(36)37)26(35)15-25(34)19-6-9-24(20(13-19)16-30)32-10-2-3-11-32/h6-9,13-15,17-18H,2-5,10-12H2,1H3,(H,36,37)/t18-/m1/s1. The van der Waals surface area contributed by atoms with Gasteiger partial charge in [0.2, 0.25) is 0 Å². The van der Waals surface area contributed by atoms with Crippen molar-refractivity contribution >= 4 is 28.8 Å². The molecule has 4 aromatic rings. The highest BCUT2D eigenvalue weighted by molar-refractivity contribution is 5.88. The number of carboxylic acid groups (broad SMARTS) is 1. The Morgan fingerprint density at radius 1 is 1.11 bits per heavy atom. The number of nitrogens with zero attached hydrogens (tertiary/aromatic N) is 5. The number of hydrogen-bond acceptors (Lipinski definition) is 7. The van der Waals surface area contributed by atoms with E-state index in [1.54, 1.807) is 16.7 Å². The Balaban J connectivity index is 1.48.